The van der Waals surface area contributed by atoms with Gasteiger partial charge in [0.15, 0.2) is 0 Å². The van der Waals surface area contributed by atoms with Gasteiger partial charge in [0.1, 0.15) is 5.78 Å². The van der Waals surface area contributed by atoms with Crippen LogP contribution in [-0.2, 0) is 4.79 Å². The predicted molar refractivity (Wildman–Crippen MR) is 46.7 cm³/mol. The van der Waals surface area contributed by atoms with Crippen LogP contribution in [0.2, 0.25) is 0 Å². The summed E-state index contributed by atoms with van der Waals surface area (Å²) in [5.74, 6) is 2.25. The van der Waals surface area contributed by atoms with Gasteiger partial charge >= 0.3 is 0 Å². The summed E-state index contributed by atoms with van der Waals surface area (Å²) in [7, 11) is 0. The maximum atomic E-state index is 11.1. The van der Waals surface area contributed by atoms with Gasteiger partial charge in [0, 0.05) is 11.7 Å². The molecule has 0 aromatic carbocycles. The Labute approximate surface area is 71.4 Å². The average Bonchev–Trinajstić information content (AvgIpc) is 2.31. The van der Waals surface area contributed by atoms with Gasteiger partial charge in [0.05, 0.1) is 11.9 Å². The van der Waals surface area contributed by atoms with Gasteiger partial charge in [0.2, 0.25) is 0 Å². The van der Waals surface area contributed by atoms with Crippen LogP contribution in [0.15, 0.2) is 0 Å². The van der Waals surface area contributed by atoms with E-state index in [1.807, 2.05) is 0 Å². The first-order valence-corrected chi connectivity index (χ1v) is 5.14. The number of Topliss-reactive ketones (excluding diaryl/α,β-unsaturated/α-hetero) is 1. The van der Waals surface area contributed by atoms with Gasteiger partial charge in [-0.05, 0) is 19.8 Å². The molecule has 1 saturated heterocycles. The Morgan fingerprint density at radius 3 is 3.00 bits per heavy atom. The lowest BCUT2D eigenvalue weighted by molar-refractivity contribution is -0.119. The highest BCUT2D eigenvalue weighted by Gasteiger charge is 2.24. The number of hydrogen-bond donors (Lipinski definition) is 1. The molecular weight excluding hydrogens is 160 g/mol. The molecular formula is C8H14O2S. The zero-order valence-electron chi connectivity index (χ0n) is 6.75. The van der Waals surface area contributed by atoms with Crippen LogP contribution < -0.4 is 0 Å². The van der Waals surface area contributed by atoms with E-state index in [-0.39, 0.29) is 12.0 Å². The number of aliphatic hydroxyl groups excluding tert-OH is 1. The van der Waals surface area contributed by atoms with Crippen LogP contribution in [0.4, 0.5) is 0 Å². The number of thioether (sulfide) groups is 1. The molecule has 0 saturated carbocycles. The summed E-state index contributed by atoms with van der Waals surface area (Å²) in [4.78, 5) is 11.1. The van der Waals surface area contributed by atoms with Crippen LogP contribution >= 0.6 is 11.8 Å². The third-order valence-electron chi connectivity index (χ3n) is 1.95. The summed E-state index contributed by atoms with van der Waals surface area (Å²) < 4.78 is 0. The average molecular weight is 174 g/mol. The molecule has 1 rings (SSSR count). The van der Waals surface area contributed by atoms with Crippen LogP contribution in [0, 0.1) is 5.92 Å². The van der Waals surface area contributed by atoms with E-state index in [4.69, 9.17) is 5.11 Å². The van der Waals surface area contributed by atoms with Crippen LogP contribution in [0.1, 0.15) is 19.8 Å². The lowest BCUT2D eigenvalue weighted by atomic mass is 10.00. The van der Waals surface area contributed by atoms with Crippen molar-refractivity contribution in [1.29, 1.82) is 0 Å². The molecule has 2 atom stereocenters. The summed E-state index contributed by atoms with van der Waals surface area (Å²) in [6.07, 6.45) is 1.37. The third kappa shape index (κ3) is 2.83. The molecule has 0 amide bonds. The molecule has 1 fully saturated rings. The summed E-state index contributed by atoms with van der Waals surface area (Å²) in [6, 6.07) is 0. The van der Waals surface area contributed by atoms with Crippen LogP contribution in [0.5, 0.6) is 0 Å². The predicted octanol–water partition coefficient (Wildman–Crippen LogP) is 1.08. The summed E-state index contributed by atoms with van der Waals surface area (Å²) in [5.41, 5.74) is 0. The first kappa shape index (κ1) is 9.07. The molecule has 0 aromatic heterocycles. The standard InChI is InChI=1S/C8H14O2S/c1-6(9)2-3-7-4-11-5-8(7)10/h6-7,9H,2-5H2,1H3. The number of carbonyl (C=O) groups is 1. The van der Waals surface area contributed by atoms with Gasteiger partial charge in [-0.1, -0.05) is 0 Å². The Bertz CT molecular complexity index is 145. The lowest BCUT2D eigenvalue weighted by Crippen LogP contribution is -2.13. The molecule has 0 aromatic rings. The molecule has 11 heavy (non-hydrogen) atoms. The smallest absolute Gasteiger partial charge is 0.146 e. The Kier molecular flexibility index (Phi) is 3.40. The van der Waals surface area contributed by atoms with Gasteiger partial charge in [-0.3, -0.25) is 4.79 Å². The van der Waals surface area contributed by atoms with Gasteiger partial charge in [-0.15, -0.1) is 0 Å². The zero-order chi connectivity index (χ0) is 8.27. The van der Waals surface area contributed by atoms with Crippen molar-refractivity contribution < 1.29 is 9.90 Å². The second-order valence-electron chi connectivity index (χ2n) is 3.10. The minimum Gasteiger partial charge on any atom is -0.393 e. The number of rotatable bonds is 3. The van der Waals surface area contributed by atoms with Crippen molar-refractivity contribution in [3.63, 3.8) is 0 Å². The van der Waals surface area contributed by atoms with Gasteiger partial charge < -0.3 is 5.11 Å². The van der Waals surface area contributed by atoms with Crippen LogP contribution in [0.25, 0.3) is 0 Å². The SMILES string of the molecule is CC(O)CCC1CSCC1=O. The van der Waals surface area contributed by atoms with E-state index in [1.165, 1.54) is 0 Å². The van der Waals surface area contributed by atoms with Crippen molar-refractivity contribution in [1.82, 2.24) is 0 Å². The number of hydrogen-bond acceptors (Lipinski definition) is 3. The van der Waals surface area contributed by atoms with E-state index < -0.39 is 0 Å². The topological polar surface area (TPSA) is 37.3 Å². The van der Waals surface area contributed by atoms with Crippen molar-refractivity contribution in [3.8, 4) is 0 Å². The van der Waals surface area contributed by atoms with Gasteiger partial charge in [0.25, 0.3) is 0 Å². The van der Waals surface area contributed by atoms with Crippen molar-refractivity contribution in [2.45, 2.75) is 25.9 Å². The molecule has 1 aliphatic rings. The monoisotopic (exact) mass is 174 g/mol. The fourth-order valence-electron chi connectivity index (χ4n) is 1.20. The second kappa shape index (κ2) is 4.12. The van der Waals surface area contributed by atoms with E-state index in [9.17, 15) is 4.79 Å². The van der Waals surface area contributed by atoms with Gasteiger partial charge in [-0.25, -0.2) is 0 Å². The maximum absolute atomic E-state index is 11.1. The van der Waals surface area contributed by atoms with E-state index >= 15 is 0 Å². The first-order chi connectivity index (χ1) is 5.20. The lowest BCUT2D eigenvalue weighted by Gasteiger charge is -2.07. The molecule has 2 nitrogen and oxygen atoms in total. The number of aliphatic hydroxyl groups is 1. The molecule has 64 valence electrons. The first-order valence-electron chi connectivity index (χ1n) is 3.98. The van der Waals surface area contributed by atoms with Crippen molar-refractivity contribution in [2.75, 3.05) is 11.5 Å². The quantitative estimate of drug-likeness (QED) is 0.695. The molecule has 2 unspecified atom stereocenters. The normalized spacial score (nSPS) is 27.5. The molecule has 0 aliphatic carbocycles. The largest absolute Gasteiger partial charge is 0.393 e. The van der Waals surface area contributed by atoms with E-state index in [2.05, 4.69) is 0 Å². The summed E-state index contributed by atoms with van der Waals surface area (Å²) >= 11 is 1.71. The second-order valence-corrected chi connectivity index (χ2v) is 4.13. The third-order valence-corrected chi connectivity index (χ3v) is 3.08. The van der Waals surface area contributed by atoms with E-state index in [0.717, 1.165) is 18.6 Å². The fraction of sp³-hybridized carbons (Fsp3) is 0.875. The molecule has 1 heterocycles. The molecule has 1 aliphatic heterocycles. The molecule has 0 spiro atoms. The van der Waals surface area contributed by atoms with Gasteiger partial charge in [-0.2, -0.15) is 11.8 Å². The Morgan fingerprint density at radius 1 is 1.82 bits per heavy atom. The number of carbonyl (C=O) groups excluding carboxylic acids is 1. The Balaban J connectivity index is 2.20. The Morgan fingerprint density at radius 2 is 2.55 bits per heavy atom. The fourth-order valence-corrected chi connectivity index (χ4v) is 2.39. The molecule has 3 heteroatoms. The molecule has 0 bridgehead atoms. The molecule has 1 N–H and O–H groups in total. The maximum Gasteiger partial charge on any atom is 0.146 e. The van der Waals surface area contributed by atoms with Crippen molar-refractivity contribution >= 4 is 17.5 Å². The highest BCUT2D eigenvalue weighted by molar-refractivity contribution is 8.00. The highest BCUT2D eigenvalue weighted by atomic mass is 32.2. The van der Waals surface area contributed by atoms with Crippen molar-refractivity contribution in [3.05, 3.63) is 0 Å². The summed E-state index contributed by atoms with van der Waals surface area (Å²) in [6.45, 7) is 1.77. The summed E-state index contributed by atoms with van der Waals surface area (Å²) in [5, 5.41) is 8.98. The van der Waals surface area contributed by atoms with Crippen molar-refractivity contribution in [2.24, 2.45) is 5.92 Å². The molecule has 0 radical (unpaired) electrons. The minimum atomic E-state index is -0.256. The van der Waals surface area contributed by atoms with Crippen LogP contribution in [-0.4, -0.2) is 28.5 Å². The zero-order valence-corrected chi connectivity index (χ0v) is 7.56. The number of ketones is 1. The highest BCUT2D eigenvalue weighted by Crippen LogP contribution is 2.24. The minimum absolute atomic E-state index is 0.231. The van der Waals surface area contributed by atoms with E-state index in [0.29, 0.717) is 11.5 Å². The Hall–Kier alpha value is -0.0200. The van der Waals surface area contributed by atoms with Crippen LogP contribution in [0.3, 0.4) is 0 Å². The van der Waals surface area contributed by atoms with E-state index in [1.54, 1.807) is 18.7 Å².